The summed E-state index contributed by atoms with van der Waals surface area (Å²) in [6, 6.07) is 13.3. The van der Waals surface area contributed by atoms with Crippen LogP contribution in [0.25, 0.3) is 0 Å². The lowest BCUT2D eigenvalue weighted by Crippen LogP contribution is -2.57. The molecule has 3 N–H and O–H groups in total. The van der Waals surface area contributed by atoms with E-state index in [0.29, 0.717) is 52.0 Å². The van der Waals surface area contributed by atoms with Gasteiger partial charge in [0.25, 0.3) is 5.91 Å². The van der Waals surface area contributed by atoms with Crippen molar-refractivity contribution < 1.29 is 9.18 Å². The number of nitrogens with zero attached hydrogens (tertiary/aromatic N) is 2. The fraction of sp³-hybridized carbons (Fsp3) is 0.548. The van der Waals surface area contributed by atoms with Gasteiger partial charge in [-0.15, -0.1) is 0 Å². The maximum Gasteiger partial charge on any atom is 0.251 e. The van der Waals surface area contributed by atoms with Crippen molar-refractivity contribution in [1.82, 2.24) is 15.5 Å². The number of carbonyl (C=O) groups is 1. The molecule has 210 valence electrons. The van der Waals surface area contributed by atoms with Gasteiger partial charge >= 0.3 is 0 Å². The molecule has 2 bridgehead atoms. The first kappa shape index (κ1) is 28.1. The molecule has 1 amide bonds. The molecule has 1 heterocycles. The number of halogens is 2. The Hall–Kier alpha value is -2.45. The molecule has 3 aliphatic carbocycles. The first-order chi connectivity index (χ1) is 18.6. The summed E-state index contributed by atoms with van der Waals surface area (Å²) in [7, 11) is 0. The SMILES string of the molecule is C[C@@H]1[C@@H](/N=C(\Nc2ccc(C(=O)NCCc3ccc(Br)cc3F)cc2)N2CCN[C@@H](C)C2)C[C@H]2C[C@@H]1C2(C)C. The molecule has 5 atom stereocenters. The Morgan fingerprint density at radius 2 is 1.95 bits per heavy atom. The maximum atomic E-state index is 14.1. The number of benzene rings is 2. The molecular weight excluding hydrogens is 557 g/mol. The highest BCUT2D eigenvalue weighted by atomic mass is 79.9. The van der Waals surface area contributed by atoms with Gasteiger partial charge in [0.05, 0.1) is 6.04 Å². The summed E-state index contributed by atoms with van der Waals surface area (Å²) in [5, 5.41) is 10.0. The van der Waals surface area contributed by atoms with E-state index in [1.54, 1.807) is 6.07 Å². The Balaban J connectivity index is 1.24. The predicted octanol–water partition coefficient (Wildman–Crippen LogP) is 5.69. The summed E-state index contributed by atoms with van der Waals surface area (Å²) >= 11 is 3.27. The fourth-order valence-electron chi connectivity index (χ4n) is 6.74. The minimum absolute atomic E-state index is 0.165. The van der Waals surface area contributed by atoms with Gasteiger partial charge in [0.1, 0.15) is 5.82 Å². The average molecular weight is 599 g/mol. The van der Waals surface area contributed by atoms with Crippen LogP contribution in [0.1, 0.15) is 56.5 Å². The van der Waals surface area contributed by atoms with Crippen molar-refractivity contribution in [3.05, 3.63) is 63.9 Å². The molecule has 4 fully saturated rings. The van der Waals surface area contributed by atoms with Gasteiger partial charge in [-0.3, -0.25) is 4.79 Å². The van der Waals surface area contributed by atoms with Crippen LogP contribution in [0.2, 0.25) is 0 Å². The third-order valence-electron chi connectivity index (χ3n) is 9.37. The number of hydrogen-bond donors (Lipinski definition) is 3. The lowest BCUT2D eigenvalue weighted by Gasteiger charge is -2.61. The van der Waals surface area contributed by atoms with Crippen molar-refractivity contribution in [2.45, 2.75) is 59.0 Å². The van der Waals surface area contributed by atoms with Gasteiger partial charge in [0, 0.05) is 47.9 Å². The van der Waals surface area contributed by atoms with Gasteiger partial charge in [-0.1, -0.05) is 42.8 Å². The number of rotatable bonds is 6. The molecule has 1 saturated heterocycles. The van der Waals surface area contributed by atoms with Crippen LogP contribution in [-0.2, 0) is 6.42 Å². The van der Waals surface area contributed by atoms with Gasteiger partial charge in [0.15, 0.2) is 5.96 Å². The number of piperazine rings is 1. The number of anilines is 1. The highest BCUT2D eigenvalue weighted by Gasteiger charge is 2.56. The highest BCUT2D eigenvalue weighted by molar-refractivity contribution is 9.10. The Labute approximate surface area is 240 Å². The molecule has 6 nitrogen and oxygen atoms in total. The molecule has 1 aliphatic heterocycles. The Bertz CT molecular complexity index is 1220. The van der Waals surface area contributed by atoms with Crippen LogP contribution < -0.4 is 16.0 Å². The monoisotopic (exact) mass is 597 g/mol. The third-order valence-corrected chi connectivity index (χ3v) is 9.86. The molecule has 6 rings (SSSR count). The zero-order valence-electron chi connectivity index (χ0n) is 23.4. The minimum atomic E-state index is -0.270. The second-order valence-corrected chi connectivity index (χ2v) is 13.1. The maximum absolute atomic E-state index is 14.1. The lowest BCUT2D eigenvalue weighted by atomic mass is 9.45. The summed E-state index contributed by atoms with van der Waals surface area (Å²) in [6.07, 6.45) is 2.93. The summed E-state index contributed by atoms with van der Waals surface area (Å²) in [5.41, 5.74) is 2.52. The molecule has 4 aliphatic rings. The van der Waals surface area contributed by atoms with Crippen LogP contribution in [0.4, 0.5) is 10.1 Å². The number of fused-ring (bicyclic) bond motifs is 2. The second-order valence-electron chi connectivity index (χ2n) is 12.2. The largest absolute Gasteiger partial charge is 0.352 e. The van der Waals surface area contributed by atoms with Crippen molar-refractivity contribution >= 4 is 33.5 Å². The first-order valence-electron chi connectivity index (χ1n) is 14.3. The van der Waals surface area contributed by atoms with Crippen molar-refractivity contribution in [3.63, 3.8) is 0 Å². The third kappa shape index (κ3) is 6.17. The number of guanidine groups is 1. The number of nitrogens with one attached hydrogen (secondary N) is 3. The van der Waals surface area contributed by atoms with Crippen LogP contribution in [0, 0.1) is 29.0 Å². The van der Waals surface area contributed by atoms with Crippen LogP contribution in [0.5, 0.6) is 0 Å². The van der Waals surface area contributed by atoms with E-state index in [1.165, 1.54) is 12.5 Å². The highest BCUT2D eigenvalue weighted by Crippen LogP contribution is 2.61. The normalized spacial score (nSPS) is 28.0. The van der Waals surface area contributed by atoms with Gasteiger partial charge in [-0.2, -0.15) is 0 Å². The molecule has 8 heteroatoms. The van der Waals surface area contributed by atoms with Crippen molar-refractivity contribution in [3.8, 4) is 0 Å². The number of aliphatic imine (C=N–C) groups is 1. The predicted molar refractivity (Wildman–Crippen MR) is 160 cm³/mol. The van der Waals surface area contributed by atoms with E-state index in [1.807, 2.05) is 30.3 Å². The molecule has 0 aromatic heterocycles. The number of carbonyl (C=O) groups excluding carboxylic acids is 1. The van der Waals surface area contributed by atoms with E-state index in [2.05, 4.69) is 64.5 Å². The van der Waals surface area contributed by atoms with Gasteiger partial charge in [0.2, 0.25) is 0 Å². The van der Waals surface area contributed by atoms with E-state index < -0.39 is 0 Å². The summed E-state index contributed by atoms with van der Waals surface area (Å²) in [6.45, 7) is 12.6. The zero-order valence-corrected chi connectivity index (χ0v) is 25.0. The van der Waals surface area contributed by atoms with E-state index in [9.17, 15) is 9.18 Å². The molecule has 39 heavy (non-hydrogen) atoms. The Kier molecular flexibility index (Phi) is 8.34. The van der Waals surface area contributed by atoms with Crippen LogP contribution in [0.15, 0.2) is 51.9 Å². The van der Waals surface area contributed by atoms with E-state index in [0.717, 1.165) is 49.5 Å². The van der Waals surface area contributed by atoms with Crippen molar-refractivity contribution in [2.24, 2.45) is 28.2 Å². The van der Waals surface area contributed by atoms with Crippen LogP contribution in [-0.4, -0.2) is 55.0 Å². The topological polar surface area (TPSA) is 68.8 Å². The number of hydrogen-bond acceptors (Lipinski definition) is 3. The molecule has 2 aromatic carbocycles. The molecule has 0 unspecified atom stereocenters. The van der Waals surface area contributed by atoms with Gasteiger partial charge < -0.3 is 20.9 Å². The van der Waals surface area contributed by atoms with E-state index in [4.69, 9.17) is 4.99 Å². The molecule has 2 aromatic rings. The number of amides is 1. The second kappa shape index (κ2) is 11.6. The van der Waals surface area contributed by atoms with E-state index in [-0.39, 0.29) is 11.7 Å². The van der Waals surface area contributed by atoms with Gasteiger partial charge in [-0.05, 0) is 91.3 Å². The standard InChI is InChI=1S/C31H41BrFN5O/c1-19-18-38(14-13-34-19)30(37-28-16-23-15-26(20(28)2)31(23,3)4)36-25-9-6-22(7-10-25)29(39)35-12-11-21-5-8-24(32)17-27(21)33/h5-10,17,19-20,23,26,28,34H,11-16,18H2,1-4H3,(H,35,39)(H,36,37)/t19-,20-,23+,26-,28-/m0/s1. The molecule has 0 radical (unpaired) electrons. The smallest absolute Gasteiger partial charge is 0.251 e. The summed E-state index contributed by atoms with van der Waals surface area (Å²) < 4.78 is 14.8. The summed E-state index contributed by atoms with van der Waals surface area (Å²) in [4.78, 5) is 20.4. The Morgan fingerprint density at radius 3 is 2.62 bits per heavy atom. The van der Waals surface area contributed by atoms with Crippen LogP contribution in [0.3, 0.4) is 0 Å². The van der Waals surface area contributed by atoms with Crippen LogP contribution >= 0.6 is 15.9 Å². The zero-order chi connectivity index (χ0) is 27.7. The quantitative estimate of drug-likeness (QED) is 0.295. The van der Waals surface area contributed by atoms with Gasteiger partial charge in [-0.25, -0.2) is 9.38 Å². The Morgan fingerprint density at radius 1 is 1.18 bits per heavy atom. The molecule has 0 spiro atoms. The molecular formula is C31H41BrFN5O. The minimum Gasteiger partial charge on any atom is -0.352 e. The van der Waals surface area contributed by atoms with E-state index >= 15 is 0 Å². The lowest BCUT2D eigenvalue weighted by molar-refractivity contribution is -0.108. The van der Waals surface area contributed by atoms with Crippen molar-refractivity contribution in [1.29, 1.82) is 0 Å². The molecule has 3 saturated carbocycles. The fourth-order valence-corrected chi connectivity index (χ4v) is 7.07. The summed E-state index contributed by atoms with van der Waals surface area (Å²) in [5.74, 6) is 2.57. The first-order valence-corrected chi connectivity index (χ1v) is 15.1. The average Bonchev–Trinajstić information content (AvgIpc) is 2.90. The van der Waals surface area contributed by atoms with Crippen molar-refractivity contribution in [2.75, 3.05) is 31.5 Å².